The van der Waals surface area contributed by atoms with Crippen molar-refractivity contribution in [2.24, 2.45) is 0 Å². The first-order chi connectivity index (χ1) is 17.9. The summed E-state index contributed by atoms with van der Waals surface area (Å²) >= 11 is 0. The number of alkyl halides is 2. The van der Waals surface area contributed by atoms with Crippen molar-refractivity contribution in [2.45, 2.75) is 71.2 Å². The Hall–Kier alpha value is -3.25. The Balaban J connectivity index is 1.37. The van der Waals surface area contributed by atoms with E-state index in [0.717, 1.165) is 17.1 Å². The Bertz CT molecular complexity index is 1260. The van der Waals surface area contributed by atoms with E-state index in [9.17, 15) is 13.6 Å². The van der Waals surface area contributed by atoms with Crippen LogP contribution in [0.1, 0.15) is 49.8 Å². The fraction of sp³-hybridized carbons (Fsp3) is 0.500. The quantitative estimate of drug-likeness (QED) is 0.331. The third-order valence-corrected chi connectivity index (χ3v) is 11.8. The molecule has 2 aromatic heterocycles. The van der Waals surface area contributed by atoms with Gasteiger partial charge >= 0.3 is 6.09 Å². The Morgan fingerprint density at radius 2 is 1.79 bits per heavy atom. The van der Waals surface area contributed by atoms with Crippen molar-refractivity contribution >= 4 is 20.2 Å². The molecule has 1 aliphatic rings. The van der Waals surface area contributed by atoms with Crippen LogP contribution in [0.5, 0.6) is 0 Å². The first-order valence-corrected chi connectivity index (χ1v) is 15.5. The summed E-state index contributed by atoms with van der Waals surface area (Å²) in [5, 5.41) is 17.0. The number of carbonyl (C=O) groups is 1. The number of ether oxygens (including phenoxy) is 1. The van der Waals surface area contributed by atoms with Crippen LogP contribution in [0.4, 0.5) is 19.4 Å². The van der Waals surface area contributed by atoms with E-state index in [4.69, 9.17) is 9.16 Å². The van der Waals surface area contributed by atoms with Crippen LogP contribution in [0.3, 0.4) is 0 Å². The molecule has 9 nitrogen and oxygen atoms in total. The summed E-state index contributed by atoms with van der Waals surface area (Å²) < 4.78 is 39.2. The molecule has 3 heterocycles. The zero-order valence-corrected chi connectivity index (χ0v) is 23.6. The Labute approximate surface area is 222 Å². The molecule has 0 spiro atoms. The average Bonchev–Trinajstić information content (AvgIpc) is 3.43. The molecule has 1 saturated heterocycles. The number of hydrogen-bond donors (Lipinski definition) is 0. The smallest absolute Gasteiger partial charge is 0.416 e. The number of nitrogens with zero attached hydrogens (tertiary/aromatic N) is 6. The highest BCUT2D eigenvalue weighted by molar-refractivity contribution is 6.74. The summed E-state index contributed by atoms with van der Waals surface area (Å²) in [5.74, 6) is 0.426. The minimum atomic E-state index is -2.52. The van der Waals surface area contributed by atoms with Crippen LogP contribution in [0.25, 0.3) is 5.69 Å². The summed E-state index contributed by atoms with van der Waals surface area (Å²) in [5.41, 5.74) is 2.95. The number of cyclic esters (lactones) is 1. The number of aromatic nitrogens is 5. The van der Waals surface area contributed by atoms with Crippen molar-refractivity contribution in [2.75, 3.05) is 18.1 Å². The van der Waals surface area contributed by atoms with Gasteiger partial charge in [0.25, 0.3) is 6.43 Å². The normalized spacial score (nSPS) is 16.4. The van der Waals surface area contributed by atoms with Gasteiger partial charge in [-0.1, -0.05) is 38.1 Å². The Morgan fingerprint density at radius 3 is 2.39 bits per heavy atom. The van der Waals surface area contributed by atoms with Crippen LogP contribution in [0, 0.1) is 6.92 Å². The van der Waals surface area contributed by atoms with Gasteiger partial charge in [-0.05, 0) is 62.2 Å². The minimum Gasteiger partial charge on any atom is -0.441 e. The second kappa shape index (κ2) is 10.9. The van der Waals surface area contributed by atoms with E-state index in [0.29, 0.717) is 37.5 Å². The van der Waals surface area contributed by atoms with Gasteiger partial charge < -0.3 is 9.16 Å². The van der Waals surface area contributed by atoms with E-state index in [-0.39, 0.29) is 16.7 Å². The molecule has 1 aromatic carbocycles. The largest absolute Gasteiger partial charge is 0.441 e. The molecule has 0 saturated carbocycles. The molecule has 1 unspecified atom stereocenters. The van der Waals surface area contributed by atoms with Gasteiger partial charge in [0.05, 0.1) is 35.9 Å². The van der Waals surface area contributed by atoms with Gasteiger partial charge in [-0.2, -0.15) is 5.10 Å². The van der Waals surface area contributed by atoms with Gasteiger partial charge in [0.2, 0.25) is 0 Å². The lowest BCUT2D eigenvalue weighted by atomic mass is 10.1. The predicted molar refractivity (Wildman–Crippen MR) is 141 cm³/mol. The van der Waals surface area contributed by atoms with Gasteiger partial charge in [-0.25, -0.2) is 18.3 Å². The molecule has 1 amide bonds. The zero-order chi connectivity index (χ0) is 27.7. The molecular formula is C26H34F2N6O3Si. The third-order valence-electron chi connectivity index (χ3n) is 7.26. The zero-order valence-electron chi connectivity index (χ0n) is 22.6. The molecule has 12 heteroatoms. The summed E-state index contributed by atoms with van der Waals surface area (Å²) in [6, 6.07) is 9.57. The second-order valence-corrected chi connectivity index (χ2v) is 15.8. The molecule has 1 fully saturated rings. The van der Waals surface area contributed by atoms with Crippen molar-refractivity contribution in [3.05, 3.63) is 59.0 Å². The van der Waals surface area contributed by atoms with Gasteiger partial charge in [-0.15, -0.1) is 10.2 Å². The number of carbonyl (C=O) groups excluding carboxylic acids is 1. The first-order valence-electron chi connectivity index (χ1n) is 12.6. The maximum atomic E-state index is 12.9. The number of anilines is 1. The predicted octanol–water partition coefficient (Wildman–Crippen LogP) is 5.44. The third kappa shape index (κ3) is 6.07. The highest BCUT2D eigenvalue weighted by atomic mass is 28.4. The number of aryl methyl sites for hydroxylation is 2. The molecule has 0 radical (unpaired) electrons. The second-order valence-electron chi connectivity index (χ2n) is 11.0. The lowest BCUT2D eigenvalue weighted by Gasteiger charge is -2.36. The van der Waals surface area contributed by atoms with Crippen LogP contribution in [-0.2, 0) is 22.0 Å². The molecule has 1 aliphatic heterocycles. The number of rotatable bonds is 9. The average molecular weight is 545 g/mol. The van der Waals surface area contributed by atoms with E-state index in [1.54, 1.807) is 22.9 Å². The lowest BCUT2D eigenvalue weighted by Crippen LogP contribution is -2.43. The molecule has 3 aromatic rings. The van der Waals surface area contributed by atoms with E-state index in [1.165, 1.54) is 17.0 Å². The molecule has 204 valence electrons. The summed E-state index contributed by atoms with van der Waals surface area (Å²) in [6.07, 6.45) is -2.21. The topological polar surface area (TPSA) is 95.3 Å². The van der Waals surface area contributed by atoms with Gasteiger partial charge in [0.15, 0.2) is 14.1 Å². The highest BCUT2D eigenvalue weighted by Crippen LogP contribution is 2.37. The molecular weight excluding hydrogens is 510 g/mol. The molecule has 0 bridgehead atoms. The standard InChI is InChI=1S/C26H34F2N6O3Si/c1-17-22(34(32-29-17)20-11-7-18(8-12-20)24(27)28)13-9-19-10-14-23(31-30-19)33-15-21(37-25(33)35)16-36-38(5,6)26(2,3)4/h7-8,10-12,14,21,24H,9,13,15-16H2,1-6H3. The Morgan fingerprint density at radius 1 is 1.08 bits per heavy atom. The maximum absolute atomic E-state index is 12.9. The van der Waals surface area contributed by atoms with E-state index in [2.05, 4.69) is 54.4 Å². The van der Waals surface area contributed by atoms with Crippen LogP contribution in [-0.4, -0.2) is 58.9 Å². The summed E-state index contributed by atoms with van der Waals surface area (Å²) in [6.45, 7) is 13.4. The number of benzene rings is 1. The van der Waals surface area contributed by atoms with E-state index >= 15 is 0 Å². The van der Waals surface area contributed by atoms with Crippen LogP contribution >= 0.6 is 0 Å². The van der Waals surface area contributed by atoms with E-state index in [1.807, 2.05) is 13.0 Å². The SMILES string of the molecule is Cc1nnn(-c2ccc(C(F)F)cc2)c1CCc1ccc(N2CC(CO[Si](C)(C)C(C)(C)C)OC2=O)nn1. The van der Waals surface area contributed by atoms with Crippen LogP contribution < -0.4 is 4.90 Å². The lowest BCUT2D eigenvalue weighted by molar-refractivity contribution is 0.0996. The fourth-order valence-corrected chi connectivity index (χ4v) is 4.86. The molecule has 0 aliphatic carbocycles. The molecule has 4 rings (SSSR count). The molecule has 38 heavy (non-hydrogen) atoms. The fourth-order valence-electron chi connectivity index (χ4n) is 3.82. The highest BCUT2D eigenvalue weighted by Gasteiger charge is 2.40. The number of amides is 1. The minimum absolute atomic E-state index is 0.0427. The van der Waals surface area contributed by atoms with Crippen molar-refractivity contribution in [3.8, 4) is 5.69 Å². The molecule has 1 atom stereocenters. The first kappa shape index (κ1) is 27.8. The maximum Gasteiger partial charge on any atom is 0.416 e. The summed E-state index contributed by atoms with van der Waals surface area (Å²) in [4.78, 5) is 13.9. The van der Waals surface area contributed by atoms with Crippen molar-refractivity contribution in [3.63, 3.8) is 0 Å². The number of hydrogen-bond acceptors (Lipinski definition) is 7. The van der Waals surface area contributed by atoms with Gasteiger partial charge in [-0.3, -0.25) is 4.90 Å². The summed E-state index contributed by atoms with van der Waals surface area (Å²) in [7, 11) is -1.95. The van der Waals surface area contributed by atoms with E-state index < -0.39 is 20.8 Å². The van der Waals surface area contributed by atoms with Gasteiger partial charge in [0, 0.05) is 5.56 Å². The van der Waals surface area contributed by atoms with Crippen LogP contribution in [0.15, 0.2) is 36.4 Å². The van der Waals surface area contributed by atoms with Crippen LogP contribution in [0.2, 0.25) is 18.1 Å². The molecule has 0 N–H and O–H groups in total. The monoisotopic (exact) mass is 544 g/mol. The van der Waals surface area contributed by atoms with Crippen molar-refractivity contribution < 1.29 is 22.7 Å². The van der Waals surface area contributed by atoms with Crippen molar-refractivity contribution in [1.82, 2.24) is 25.2 Å². The number of halogens is 2. The van der Waals surface area contributed by atoms with Gasteiger partial charge in [0.1, 0.15) is 6.10 Å². The Kier molecular flexibility index (Phi) is 7.93. The van der Waals surface area contributed by atoms with Crippen molar-refractivity contribution in [1.29, 1.82) is 0 Å².